The molecule has 0 aliphatic carbocycles. The molecule has 0 radical (unpaired) electrons. The summed E-state index contributed by atoms with van der Waals surface area (Å²) in [5.41, 5.74) is 3.01. The summed E-state index contributed by atoms with van der Waals surface area (Å²) in [6.07, 6.45) is 1.92. The molecule has 1 heterocycles. The molecule has 0 unspecified atom stereocenters. The fraction of sp³-hybridized carbons (Fsp3) is 0.526. The molecule has 0 aromatic heterocycles. The van der Waals surface area contributed by atoms with Crippen molar-refractivity contribution in [3.63, 3.8) is 0 Å². The van der Waals surface area contributed by atoms with E-state index in [-0.39, 0.29) is 24.5 Å². The smallest absolute Gasteiger partial charge is 0.243 e. The summed E-state index contributed by atoms with van der Waals surface area (Å²) in [4.78, 5) is 24.1. The highest BCUT2D eigenvalue weighted by Crippen LogP contribution is 2.15. The summed E-state index contributed by atoms with van der Waals surface area (Å²) in [6, 6.07) is 8.03. The number of hydrogen-bond donors (Lipinski definition) is 1. The van der Waals surface area contributed by atoms with Crippen LogP contribution in [0.3, 0.4) is 0 Å². The van der Waals surface area contributed by atoms with Crippen molar-refractivity contribution in [2.45, 2.75) is 46.1 Å². The Bertz CT molecular complexity index is 623. The summed E-state index contributed by atoms with van der Waals surface area (Å²) >= 11 is 0. The summed E-state index contributed by atoms with van der Waals surface area (Å²) in [7, 11) is 0. The number of hydrogen-bond acceptors (Lipinski definition) is 4. The summed E-state index contributed by atoms with van der Waals surface area (Å²) in [6.45, 7) is 7.07. The van der Waals surface area contributed by atoms with Gasteiger partial charge in [-0.05, 0) is 32.8 Å². The number of benzene rings is 1. The van der Waals surface area contributed by atoms with Crippen LogP contribution in [-0.2, 0) is 14.3 Å². The molecule has 1 N–H and O–H groups in total. The van der Waals surface area contributed by atoms with Gasteiger partial charge in [-0.2, -0.15) is 5.10 Å². The number of nitrogens with zero attached hydrogens (tertiary/aromatic N) is 2. The molecule has 2 amide bonds. The van der Waals surface area contributed by atoms with Gasteiger partial charge in [0.2, 0.25) is 11.8 Å². The topological polar surface area (TPSA) is 71.0 Å². The average molecular weight is 345 g/mol. The van der Waals surface area contributed by atoms with E-state index in [0.29, 0.717) is 26.0 Å². The average Bonchev–Trinajstić information content (AvgIpc) is 2.57. The maximum absolute atomic E-state index is 12.0. The molecule has 0 atom stereocenters. The lowest BCUT2D eigenvalue weighted by molar-refractivity contribution is -0.136. The Labute approximate surface area is 149 Å². The molecule has 0 saturated carbocycles. The molecule has 2 rings (SSSR count). The van der Waals surface area contributed by atoms with Crippen molar-refractivity contribution < 1.29 is 14.3 Å². The highest BCUT2D eigenvalue weighted by Gasteiger charge is 2.23. The first-order valence-corrected chi connectivity index (χ1v) is 8.79. The molecule has 6 heteroatoms. The summed E-state index contributed by atoms with van der Waals surface area (Å²) < 4.78 is 5.42. The molecule has 1 aliphatic rings. The van der Waals surface area contributed by atoms with Gasteiger partial charge in [0.25, 0.3) is 0 Å². The molecule has 0 bridgehead atoms. The third-order valence-electron chi connectivity index (χ3n) is 3.88. The van der Waals surface area contributed by atoms with E-state index in [1.807, 2.05) is 45.0 Å². The van der Waals surface area contributed by atoms with Crippen LogP contribution in [0.1, 0.15) is 44.2 Å². The first-order valence-electron chi connectivity index (χ1n) is 8.79. The predicted octanol–water partition coefficient (Wildman–Crippen LogP) is 2.25. The van der Waals surface area contributed by atoms with Gasteiger partial charge in [-0.3, -0.25) is 9.59 Å². The Hall–Kier alpha value is -2.21. The lowest BCUT2D eigenvalue weighted by Gasteiger charge is -2.23. The van der Waals surface area contributed by atoms with Crippen molar-refractivity contribution in [3.05, 3.63) is 35.4 Å². The Balaban J connectivity index is 1.86. The Morgan fingerprint density at radius 2 is 2.00 bits per heavy atom. The van der Waals surface area contributed by atoms with Gasteiger partial charge in [-0.15, -0.1) is 0 Å². The Morgan fingerprint density at radius 1 is 1.28 bits per heavy atom. The third-order valence-corrected chi connectivity index (χ3v) is 3.88. The minimum Gasteiger partial charge on any atom is -0.379 e. The highest BCUT2D eigenvalue weighted by atomic mass is 16.5. The second kappa shape index (κ2) is 9.32. The first-order chi connectivity index (χ1) is 12.0. The maximum Gasteiger partial charge on any atom is 0.243 e. The first kappa shape index (κ1) is 19.1. The van der Waals surface area contributed by atoms with Crippen molar-refractivity contribution in [2.75, 3.05) is 19.7 Å². The van der Waals surface area contributed by atoms with Crippen LogP contribution in [0.25, 0.3) is 0 Å². The Kier molecular flexibility index (Phi) is 7.13. The molecule has 136 valence electrons. The van der Waals surface area contributed by atoms with Gasteiger partial charge in [0, 0.05) is 26.0 Å². The van der Waals surface area contributed by atoms with Crippen LogP contribution >= 0.6 is 0 Å². The molecular formula is C19H27N3O3. The van der Waals surface area contributed by atoms with Crippen LogP contribution in [0.2, 0.25) is 0 Å². The predicted molar refractivity (Wildman–Crippen MR) is 97.4 cm³/mol. The van der Waals surface area contributed by atoms with Crippen LogP contribution in [0.4, 0.5) is 0 Å². The minimum atomic E-state index is -0.202. The fourth-order valence-electron chi connectivity index (χ4n) is 2.49. The second-order valence-electron chi connectivity index (χ2n) is 6.49. The molecule has 6 nitrogen and oxygen atoms in total. The second-order valence-corrected chi connectivity index (χ2v) is 6.49. The highest BCUT2D eigenvalue weighted by molar-refractivity contribution is 6.04. The zero-order chi connectivity index (χ0) is 18.2. The van der Waals surface area contributed by atoms with E-state index in [9.17, 15) is 9.59 Å². The van der Waals surface area contributed by atoms with Gasteiger partial charge in [-0.1, -0.05) is 29.8 Å². The number of nitrogens with one attached hydrogen (secondary N) is 1. The lowest BCUT2D eigenvalue weighted by Crippen LogP contribution is -2.40. The normalized spacial score (nSPS) is 14.6. The third kappa shape index (κ3) is 6.31. The summed E-state index contributed by atoms with van der Waals surface area (Å²) in [5.74, 6) is -0.319. The zero-order valence-electron chi connectivity index (χ0n) is 15.2. The molecule has 0 spiro atoms. The molecular weight excluding hydrogens is 318 g/mol. The van der Waals surface area contributed by atoms with Crippen LogP contribution in [0.5, 0.6) is 0 Å². The van der Waals surface area contributed by atoms with Crippen LogP contribution in [0.15, 0.2) is 29.4 Å². The van der Waals surface area contributed by atoms with Gasteiger partial charge >= 0.3 is 0 Å². The molecule has 25 heavy (non-hydrogen) atoms. The largest absolute Gasteiger partial charge is 0.379 e. The van der Waals surface area contributed by atoms with E-state index in [1.54, 1.807) is 0 Å². The van der Waals surface area contributed by atoms with Crippen molar-refractivity contribution >= 4 is 17.5 Å². The zero-order valence-corrected chi connectivity index (χ0v) is 15.2. The van der Waals surface area contributed by atoms with Gasteiger partial charge in [0.1, 0.15) is 6.54 Å². The van der Waals surface area contributed by atoms with Gasteiger partial charge in [0.05, 0.1) is 11.8 Å². The number of ether oxygens (including phenoxy) is 1. The van der Waals surface area contributed by atoms with E-state index in [4.69, 9.17) is 4.74 Å². The molecule has 0 saturated heterocycles. The van der Waals surface area contributed by atoms with Crippen molar-refractivity contribution in [2.24, 2.45) is 5.10 Å². The SMILES string of the molecule is Cc1ccc(C2=NN(CC(=O)NCCCOC(C)C)C(=O)CC2)cc1. The number of hydrazone groups is 1. The summed E-state index contributed by atoms with van der Waals surface area (Å²) in [5, 5.41) is 8.47. The van der Waals surface area contributed by atoms with Gasteiger partial charge in [-0.25, -0.2) is 5.01 Å². The van der Waals surface area contributed by atoms with Crippen molar-refractivity contribution in [1.29, 1.82) is 0 Å². The number of aryl methyl sites for hydroxylation is 1. The van der Waals surface area contributed by atoms with E-state index in [1.165, 1.54) is 10.6 Å². The van der Waals surface area contributed by atoms with Crippen LogP contribution in [0, 0.1) is 6.92 Å². The maximum atomic E-state index is 12.0. The fourth-order valence-corrected chi connectivity index (χ4v) is 2.49. The molecule has 1 aromatic carbocycles. The van der Waals surface area contributed by atoms with Gasteiger partial charge < -0.3 is 10.1 Å². The van der Waals surface area contributed by atoms with Crippen LogP contribution in [-0.4, -0.2) is 48.3 Å². The van der Waals surface area contributed by atoms with E-state index in [0.717, 1.165) is 17.7 Å². The lowest BCUT2D eigenvalue weighted by atomic mass is 10.0. The van der Waals surface area contributed by atoms with E-state index < -0.39 is 0 Å². The number of amides is 2. The van der Waals surface area contributed by atoms with Crippen molar-refractivity contribution in [1.82, 2.24) is 10.3 Å². The quantitative estimate of drug-likeness (QED) is 0.735. The van der Waals surface area contributed by atoms with Crippen LogP contribution < -0.4 is 5.32 Å². The van der Waals surface area contributed by atoms with Gasteiger partial charge in [0.15, 0.2) is 0 Å². The van der Waals surface area contributed by atoms with E-state index >= 15 is 0 Å². The van der Waals surface area contributed by atoms with Crippen molar-refractivity contribution in [3.8, 4) is 0 Å². The molecule has 1 aromatic rings. The standard InChI is InChI=1S/C19H27N3O3/c1-14(2)25-12-4-11-20-18(23)13-22-19(24)10-9-17(21-22)16-7-5-15(3)6-8-16/h5-8,14H,4,9-13H2,1-3H3,(H,20,23). The Morgan fingerprint density at radius 3 is 2.68 bits per heavy atom. The number of carbonyl (C=O) groups excluding carboxylic acids is 2. The number of rotatable bonds is 8. The van der Waals surface area contributed by atoms with E-state index in [2.05, 4.69) is 10.4 Å². The number of carbonyl (C=O) groups is 2. The minimum absolute atomic E-state index is 0.0424. The molecule has 0 fully saturated rings. The molecule has 1 aliphatic heterocycles. The monoisotopic (exact) mass is 345 g/mol.